The van der Waals surface area contributed by atoms with Gasteiger partial charge < -0.3 is 14.8 Å². The maximum atomic E-state index is 12.0. The van der Waals surface area contributed by atoms with Crippen molar-refractivity contribution in [1.29, 1.82) is 0 Å². The Kier molecular flexibility index (Phi) is 5.62. The van der Waals surface area contributed by atoms with Gasteiger partial charge in [0.15, 0.2) is 0 Å². The zero-order valence-electron chi connectivity index (χ0n) is 13.0. The minimum absolute atomic E-state index is 0.105. The van der Waals surface area contributed by atoms with Gasteiger partial charge in [0.05, 0.1) is 7.11 Å². The van der Waals surface area contributed by atoms with E-state index in [0.717, 1.165) is 43.9 Å². The fourth-order valence-electron chi connectivity index (χ4n) is 2.60. The van der Waals surface area contributed by atoms with Crippen molar-refractivity contribution < 1.29 is 14.3 Å². The third-order valence-electron chi connectivity index (χ3n) is 4.23. The van der Waals surface area contributed by atoms with Crippen LogP contribution in [0.1, 0.15) is 31.7 Å². The van der Waals surface area contributed by atoms with Crippen LogP contribution in [0, 0.1) is 5.41 Å². The monoisotopic (exact) mass is 291 g/mol. The molecule has 1 amide bonds. The summed E-state index contributed by atoms with van der Waals surface area (Å²) in [6, 6.07) is 7.84. The molecule has 4 nitrogen and oxygen atoms in total. The fourth-order valence-corrected chi connectivity index (χ4v) is 2.60. The van der Waals surface area contributed by atoms with E-state index in [4.69, 9.17) is 9.47 Å². The Morgan fingerprint density at radius 3 is 2.76 bits per heavy atom. The molecule has 0 bridgehead atoms. The van der Waals surface area contributed by atoms with Crippen molar-refractivity contribution in [3.05, 3.63) is 29.8 Å². The summed E-state index contributed by atoms with van der Waals surface area (Å²) in [5.41, 5.74) is 1.26. The quantitative estimate of drug-likeness (QED) is 0.876. The normalized spacial score (nSPS) is 17.2. The second-order valence-corrected chi connectivity index (χ2v) is 6.01. The summed E-state index contributed by atoms with van der Waals surface area (Å²) in [6.07, 6.45) is 3.22. The second-order valence-electron chi connectivity index (χ2n) is 6.01. The van der Waals surface area contributed by atoms with Gasteiger partial charge in [-0.15, -0.1) is 0 Å². The molecule has 4 heteroatoms. The molecule has 0 unspecified atom stereocenters. The van der Waals surface area contributed by atoms with Gasteiger partial charge in [0.1, 0.15) is 5.75 Å². The third kappa shape index (κ3) is 4.74. The first-order valence-electron chi connectivity index (χ1n) is 7.59. The minimum atomic E-state index is 0.105. The highest BCUT2D eigenvalue weighted by atomic mass is 16.5. The van der Waals surface area contributed by atoms with Gasteiger partial charge in [0.25, 0.3) is 0 Å². The van der Waals surface area contributed by atoms with Gasteiger partial charge in [0, 0.05) is 26.2 Å². The Hall–Kier alpha value is -1.55. The second kappa shape index (κ2) is 7.46. The van der Waals surface area contributed by atoms with E-state index in [9.17, 15) is 4.79 Å². The molecule has 1 N–H and O–H groups in total. The van der Waals surface area contributed by atoms with Crippen molar-refractivity contribution in [2.24, 2.45) is 5.41 Å². The number of hydrogen-bond donors (Lipinski definition) is 1. The lowest BCUT2D eigenvalue weighted by Gasteiger charge is -2.33. The number of nitrogens with one attached hydrogen (secondary N) is 1. The molecule has 2 rings (SSSR count). The van der Waals surface area contributed by atoms with Gasteiger partial charge in [0.2, 0.25) is 5.91 Å². The van der Waals surface area contributed by atoms with Crippen LogP contribution in [-0.2, 0) is 16.0 Å². The molecule has 0 spiro atoms. The number of aryl methyl sites for hydroxylation is 1. The van der Waals surface area contributed by atoms with Crippen molar-refractivity contribution in [2.45, 2.75) is 32.6 Å². The highest BCUT2D eigenvalue weighted by Crippen LogP contribution is 2.28. The molecule has 116 valence electrons. The molecular formula is C17H25NO3. The van der Waals surface area contributed by atoms with E-state index < -0.39 is 0 Å². The Morgan fingerprint density at radius 1 is 1.33 bits per heavy atom. The van der Waals surface area contributed by atoms with Crippen LogP contribution < -0.4 is 10.1 Å². The van der Waals surface area contributed by atoms with E-state index in [0.29, 0.717) is 12.8 Å². The molecule has 1 heterocycles. The first-order valence-corrected chi connectivity index (χ1v) is 7.59. The lowest BCUT2D eigenvalue weighted by Crippen LogP contribution is -2.39. The lowest BCUT2D eigenvalue weighted by molar-refractivity contribution is -0.121. The molecule has 21 heavy (non-hydrogen) atoms. The van der Waals surface area contributed by atoms with Crippen LogP contribution in [0.15, 0.2) is 24.3 Å². The zero-order chi connectivity index (χ0) is 15.1. The molecule has 1 aliphatic rings. The molecule has 0 saturated carbocycles. The van der Waals surface area contributed by atoms with Crippen molar-refractivity contribution in [2.75, 3.05) is 26.9 Å². The van der Waals surface area contributed by atoms with E-state index in [2.05, 4.69) is 12.2 Å². The molecule has 1 aliphatic heterocycles. The van der Waals surface area contributed by atoms with E-state index >= 15 is 0 Å². The summed E-state index contributed by atoms with van der Waals surface area (Å²) in [5, 5.41) is 3.07. The van der Waals surface area contributed by atoms with Gasteiger partial charge in [-0.05, 0) is 36.3 Å². The van der Waals surface area contributed by atoms with Crippen molar-refractivity contribution >= 4 is 5.91 Å². The summed E-state index contributed by atoms with van der Waals surface area (Å²) < 4.78 is 10.7. The minimum Gasteiger partial charge on any atom is -0.496 e. The van der Waals surface area contributed by atoms with Crippen LogP contribution in [0.4, 0.5) is 0 Å². The maximum absolute atomic E-state index is 12.0. The molecule has 1 aromatic carbocycles. The maximum Gasteiger partial charge on any atom is 0.220 e. The van der Waals surface area contributed by atoms with Crippen LogP contribution in [0.5, 0.6) is 5.75 Å². The number of carbonyl (C=O) groups is 1. The number of ether oxygens (including phenoxy) is 2. The highest BCUT2D eigenvalue weighted by molar-refractivity contribution is 5.76. The number of para-hydroxylation sites is 1. The largest absolute Gasteiger partial charge is 0.496 e. The highest BCUT2D eigenvalue weighted by Gasteiger charge is 2.27. The van der Waals surface area contributed by atoms with Crippen molar-refractivity contribution in [3.63, 3.8) is 0 Å². The zero-order valence-corrected chi connectivity index (χ0v) is 13.0. The first kappa shape index (κ1) is 15.8. The van der Waals surface area contributed by atoms with E-state index in [1.807, 2.05) is 24.3 Å². The predicted octanol–water partition coefficient (Wildman–Crippen LogP) is 2.56. The molecular weight excluding hydrogens is 266 g/mol. The number of benzene rings is 1. The Labute approximate surface area is 126 Å². The lowest BCUT2D eigenvalue weighted by atomic mass is 9.82. The summed E-state index contributed by atoms with van der Waals surface area (Å²) in [7, 11) is 1.66. The Balaban J connectivity index is 1.77. The SMILES string of the molecule is COc1ccccc1CCC(=O)NCC1(C)CCOCC1. The number of hydrogen-bond acceptors (Lipinski definition) is 3. The van der Waals surface area contributed by atoms with E-state index in [1.165, 1.54) is 0 Å². The third-order valence-corrected chi connectivity index (χ3v) is 4.23. The smallest absolute Gasteiger partial charge is 0.220 e. The van der Waals surface area contributed by atoms with Crippen LogP contribution in [-0.4, -0.2) is 32.8 Å². The molecule has 1 saturated heterocycles. The number of rotatable bonds is 6. The van der Waals surface area contributed by atoms with Gasteiger partial charge in [-0.1, -0.05) is 25.1 Å². The molecule has 1 aromatic rings. The summed E-state index contributed by atoms with van der Waals surface area (Å²) >= 11 is 0. The van der Waals surface area contributed by atoms with E-state index in [-0.39, 0.29) is 11.3 Å². The van der Waals surface area contributed by atoms with E-state index in [1.54, 1.807) is 7.11 Å². The molecule has 0 aliphatic carbocycles. The number of amides is 1. The Morgan fingerprint density at radius 2 is 2.05 bits per heavy atom. The number of methoxy groups -OCH3 is 1. The van der Waals surface area contributed by atoms with Gasteiger partial charge >= 0.3 is 0 Å². The first-order chi connectivity index (χ1) is 10.1. The molecule has 0 aromatic heterocycles. The van der Waals surface area contributed by atoms with Crippen molar-refractivity contribution in [3.8, 4) is 5.75 Å². The number of carbonyl (C=O) groups excluding carboxylic acids is 1. The summed E-state index contributed by atoms with van der Waals surface area (Å²) in [5.74, 6) is 0.954. The Bertz CT molecular complexity index is 467. The summed E-state index contributed by atoms with van der Waals surface area (Å²) in [4.78, 5) is 12.0. The van der Waals surface area contributed by atoms with Crippen LogP contribution in [0.2, 0.25) is 0 Å². The average Bonchev–Trinajstić information content (AvgIpc) is 2.52. The predicted molar refractivity (Wildman–Crippen MR) is 82.5 cm³/mol. The van der Waals surface area contributed by atoms with Crippen LogP contribution in [0.3, 0.4) is 0 Å². The topological polar surface area (TPSA) is 47.6 Å². The van der Waals surface area contributed by atoms with Gasteiger partial charge in [-0.3, -0.25) is 4.79 Å². The molecule has 0 atom stereocenters. The standard InChI is InChI=1S/C17H25NO3/c1-17(9-11-21-12-10-17)13-18-16(19)8-7-14-5-3-4-6-15(14)20-2/h3-6H,7-13H2,1-2H3,(H,18,19). The molecule has 0 radical (unpaired) electrons. The van der Waals surface area contributed by atoms with Gasteiger partial charge in [-0.25, -0.2) is 0 Å². The fraction of sp³-hybridized carbons (Fsp3) is 0.588. The molecule has 1 fully saturated rings. The van der Waals surface area contributed by atoms with Gasteiger partial charge in [-0.2, -0.15) is 0 Å². The van der Waals surface area contributed by atoms with Crippen LogP contribution in [0.25, 0.3) is 0 Å². The average molecular weight is 291 g/mol. The van der Waals surface area contributed by atoms with Crippen molar-refractivity contribution in [1.82, 2.24) is 5.32 Å². The van der Waals surface area contributed by atoms with Crippen LogP contribution >= 0.6 is 0 Å². The summed E-state index contributed by atoms with van der Waals surface area (Å²) in [6.45, 7) is 4.55.